The molecule has 1 fully saturated rings. The van der Waals surface area contributed by atoms with Crippen molar-refractivity contribution in [2.75, 3.05) is 6.73 Å². The normalized spacial score (nSPS) is 32.7. The van der Waals surface area contributed by atoms with E-state index in [1.54, 1.807) is 0 Å². The first-order valence-electron chi connectivity index (χ1n) is 7.00. The lowest BCUT2D eigenvalue weighted by Gasteiger charge is -2.26. The Balaban J connectivity index is 1.90. The van der Waals surface area contributed by atoms with Crippen LogP contribution in [0.2, 0.25) is 0 Å². The van der Waals surface area contributed by atoms with Crippen molar-refractivity contribution < 1.29 is 5.11 Å². The lowest BCUT2D eigenvalue weighted by Crippen LogP contribution is -2.40. The maximum Gasteiger partial charge on any atom is 0.109 e. The molecule has 0 aromatic rings. The average Bonchev–Trinajstić information content (AvgIpc) is 2.75. The zero-order valence-corrected chi connectivity index (χ0v) is 10.8. The molecule has 98 valence electrons. The smallest absolute Gasteiger partial charge is 0.109 e. The van der Waals surface area contributed by atoms with Crippen LogP contribution < -0.4 is 5.43 Å². The zero-order valence-electron chi connectivity index (χ0n) is 10.8. The Morgan fingerprint density at radius 1 is 1.21 bits per heavy atom. The molecule has 0 saturated carbocycles. The quantitative estimate of drug-likeness (QED) is 0.751. The Hall–Kier alpha value is -1.42. The third kappa shape index (κ3) is 1.62. The summed E-state index contributed by atoms with van der Waals surface area (Å²) in [6.07, 6.45) is 16.7. The molecule has 4 rings (SSSR count). The van der Waals surface area contributed by atoms with E-state index >= 15 is 0 Å². The minimum absolute atomic E-state index is 0.0442. The van der Waals surface area contributed by atoms with Crippen LogP contribution in [0.5, 0.6) is 0 Å². The van der Waals surface area contributed by atoms with Crippen molar-refractivity contribution >= 4 is 0 Å². The van der Waals surface area contributed by atoms with Gasteiger partial charge in [0, 0.05) is 6.04 Å². The number of fused-ring (bicyclic) bond motifs is 1. The van der Waals surface area contributed by atoms with E-state index in [0.29, 0.717) is 6.04 Å². The third-order valence-electron chi connectivity index (χ3n) is 4.47. The second kappa shape index (κ2) is 4.30. The van der Waals surface area contributed by atoms with Crippen molar-refractivity contribution in [1.29, 1.82) is 0 Å². The van der Waals surface area contributed by atoms with Gasteiger partial charge in [0.25, 0.3) is 0 Å². The molecular weight excluding hydrogens is 236 g/mol. The highest BCUT2D eigenvalue weighted by atomic mass is 16.3. The molecule has 0 aromatic carbocycles. The molecule has 2 unspecified atom stereocenters. The molecule has 3 aliphatic carbocycles. The first-order chi connectivity index (χ1) is 9.38. The number of hydrogen-bond acceptors (Lipinski definition) is 3. The minimum Gasteiger partial charge on any atom is -0.380 e. The summed E-state index contributed by atoms with van der Waals surface area (Å²) < 4.78 is 0. The predicted octanol–water partition coefficient (Wildman–Crippen LogP) is 1.97. The van der Waals surface area contributed by atoms with Crippen molar-refractivity contribution in [2.24, 2.45) is 0 Å². The second-order valence-corrected chi connectivity index (χ2v) is 5.50. The van der Waals surface area contributed by atoms with Gasteiger partial charge in [0.15, 0.2) is 0 Å². The molecule has 1 heterocycles. The monoisotopic (exact) mass is 254 g/mol. The molecule has 1 saturated heterocycles. The number of aliphatic hydroxyl groups excluding tert-OH is 1. The van der Waals surface area contributed by atoms with Crippen LogP contribution in [-0.4, -0.2) is 28.9 Å². The molecule has 4 aliphatic rings. The fraction of sp³-hybridized carbons (Fsp3) is 0.375. The number of aliphatic hydroxyl groups is 1. The Morgan fingerprint density at radius 2 is 2.16 bits per heavy atom. The van der Waals surface area contributed by atoms with Gasteiger partial charge in [-0.05, 0) is 41.6 Å². The predicted molar refractivity (Wildman–Crippen MR) is 75.0 cm³/mol. The van der Waals surface area contributed by atoms with Crippen LogP contribution in [0.15, 0.2) is 58.7 Å². The Bertz CT molecular complexity index is 565. The van der Waals surface area contributed by atoms with E-state index in [9.17, 15) is 5.11 Å². The average molecular weight is 254 g/mol. The van der Waals surface area contributed by atoms with Gasteiger partial charge in [0.1, 0.15) is 6.73 Å². The van der Waals surface area contributed by atoms with Gasteiger partial charge in [-0.3, -0.25) is 0 Å². The van der Waals surface area contributed by atoms with Gasteiger partial charge >= 0.3 is 0 Å². The molecule has 1 aliphatic heterocycles. The van der Waals surface area contributed by atoms with E-state index in [0.717, 1.165) is 19.3 Å². The first-order valence-corrected chi connectivity index (χ1v) is 7.00. The van der Waals surface area contributed by atoms with Gasteiger partial charge in [-0.15, -0.1) is 0 Å². The number of rotatable bonds is 1. The lowest BCUT2D eigenvalue weighted by molar-refractivity contribution is 0.0655. The minimum atomic E-state index is 0.0442. The summed E-state index contributed by atoms with van der Waals surface area (Å²) in [5.74, 6) is 0. The Morgan fingerprint density at radius 3 is 3.05 bits per heavy atom. The van der Waals surface area contributed by atoms with E-state index in [2.05, 4.69) is 41.9 Å². The first kappa shape index (κ1) is 11.4. The van der Waals surface area contributed by atoms with E-state index < -0.39 is 0 Å². The van der Waals surface area contributed by atoms with Crippen LogP contribution in [0.3, 0.4) is 0 Å². The number of nitrogens with zero attached hydrogens (tertiary/aromatic N) is 1. The van der Waals surface area contributed by atoms with Gasteiger partial charge in [0.2, 0.25) is 0 Å². The van der Waals surface area contributed by atoms with Crippen LogP contribution in [0.25, 0.3) is 0 Å². The van der Waals surface area contributed by atoms with Gasteiger partial charge in [-0.1, -0.05) is 36.5 Å². The molecule has 0 bridgehead atoms. The van der Waals surface area contributed by atoms with Crippen molar-refractivity contribution in [3.05, 3.63) is 58.7 Å². The standard InChI is InChI=1S/C16H18N2O/c19-10-18-16-13-6-2-1-4-11(13)8-9-12-5-3-7-14(17-18)15(12)16/h2-3,5-6,8-9,14,16-17,19H,1,4,7,10H2. The second-order valence-electron chi connectivity index (χ2n) is 5.50. The molecular formula is C16H18N2O. The number of nitrogens with one attached hydrogen (secondary N) is 1. The number of hydrazine groups is 1. The molecule has 0 radical (unpaired) electrons. The highest BCUT2D eigenvalue weighted by molar-refractivity contribution is 5.57. The van der Waals surface area contributed by atoms with Crippen LogP contribution in [0, 0.1) is 0 Å². The lowest BCUT2D eigenvalue weighted by atomic mass is 9.85. The summed E-state index contributed by atoms with van der Waals surface area (Å²) >= 11 is 0. The molecule has 3 heteroatoms. The molecule has 19 heavy (non-hydrogen) atoms. The van der Waals surface area contributed by atoms with Gasteiger partial charge in [-0.2, -0.15) is 0 Å². The van der Waals surface area contributed by atoms with Crippen molar-refractivity contribution in [1.82, 2.24) is 10.4 Å². The summed E-state index contributed by atoms with van der Waals surface area (Å²) in [5, 5.41) is 11.6. The summed E-state index contributed by atoms with van der Waals surface area (Å²) in [4.78, 5) is 0. The van der Waals surface area contributed by atoms with E-state index in [1.807, 2.05) is 5.01 Å². The Labute approximate surface area is 113 Å². The van der Waals surface area contributed by atoms with Crippen molar-refractivity contribution in [3.63, 3.8) is 0 Å². The number of allylic oxidation sites excluding steroid dienone is 6. The molecule has 3 nitrogen and oxygen atoms in total. The van der Waals surface area contributed by atoms with Gasteiger partial charge < -0.3 is 5.11 Å². The third-order valence-corrected chi connectivity index (χ3v) is 4.47. The highest BCUT2D eigenvalue weighted by Crippen LogP contribution is 2.40. The summed E-state index contributed by atoms with van der Waals surface area (Å²) in [6.45, 7) is 0.0442. The van der Waals surface area contributed by atoms with Gasteiger partial charge in [-0.25, -0.2) is 10.4 Å². The molecule has 0 amide bonds. The van der Waals surface area contributed by atoms with Gasteiger partial charge in [0.05, 0.1) is 6.04 Å². The van der Waals surface area contributed by atoms with Crippen LogP contribution in [-0.2, 0) is 0 Å². The summed E-state index contributed by atoms with van der Waals surface area (Å²) in [7, 11) is 0. The fourth-order valence-electron chi connectivity index (χ4n) is 3.62. The van der Waals surface area contributed by atoms with Crippen molar-refractivity contribution in [2.45, 2.75) is 31.3 Å². The molecule has 2 atom stereocenters. The molecule has 0 aromatic heterocycles. The number of hydrogen-bond donors (Lipinski definition) is 2. The summed E-state index contributed by atoms with van der Waals surface area (Å²) in [6, 6.07) is 0.528. The van der Waals surface area contributed by atoms with E-state index in [4.69, 9.17) is 0 Å². The molecule has 2 N–H and O–H groups in total. The maximum absolute atomic E-state index is 9.66. The maximum atomic E-state index is 9.66. The van der Waals surface area contributed by atoms with E-state index in [-0.39, 0.29) is 12.8 Å². The SMILES string of the molecule is OCN1NC2CC=CC3=C2C1C1=C(C=C3)CCC=C1. The largest absolute Gasteiger partial charge is 0.380 e. The van der Waals surface area contributed by atoms with Crippen LogP contribution in [0.1, 0.15) is 19.3 Å². The summed E-state index contributed by atoms with van der Waals surface area (Å²) in [5.41, 5.74) is 8.95. The highest BCUT2D eigenvalue weighted by Gasteiger charge is 2.41. The topological polar surface area (TPSA) is 35.5 Å². The molecule has 0 spiro atoms. The van der Waals surface area contributed by atoms with E-state index in [1.165, 1.54) is 22.3 Å². The zero-order chi connectivity index (χ0) is 12.8. The van der Waals surface area contributed by atoms with Crippen LogP contribution in [0.4, 0.5) is 0 Å². The Kier molecular flexibility index (Phi) is 2.58. The van der Waals surface area contributed by atoms with Crippen molar-refractivity contribution in [3.8, 4) is 0 Å². The van der Waals surface area contributed by atoms with Crippen LogP contribution >= 0.6 is 0 Å². The fourth-order valence-corrected chi connectivity index (χ4v) is 3.62.